The Kier molecular flexibility index (Phi) is 5.27. The van der Waals surface area contributed by atoms with Crippen LogP contribution in [0, 0.1) is 5.92 Å². The van der Waals surface area contributed by atoms with Gasteiger partial charge in [-0.1, -0.05) is 37.6 Å². The lowest BCUT2D eigenvalue weighted by molar-refractivity contribution is 0.163. The summed E-state index contributed by atoms with van der Waals surface area (Å²) in [6.45, 7) is 4.92. The van der Waals surface area contributed by atoms with E-state index in [0.717, 1.165) is 29.4 Å². The molecule has 0 amide bonds. The highest BCUT2D eigenvalue weighted by Gasteiger charge is 2.07. The lowest BCUT2D eigenvalue weighted by Gasteiger charge is -2.09. The Hall–Kier alpha value is -1.25. The van der Waals surface area contributed by atoms with Gasteiger partial charge in [0, 0.05) is 18.6 Å². The van der Waals surface area contributed by atoms with E-state index in [9.17, 15) is 0 Å². The highest BCUT2D eigenvalue weighted by Crippen LogP contribution is 2.23. The topological polar surface area (TPSA) is 22.4 Å². The van der Waals surface area contributed by atoms with E-state index in [1.165, 1.54) is 11.1 Å². The van der Waals surface area contributed by atoms with Crippen molar-refractivity contribution in [2.75, 3.05) is 7.11 Å². The average Bonchev–Trinajstić information content (AvgIpc) is 2.81. The normalized spacial score (nSPS) is 11.2. The first-order chi connectivity index (χ1) is 9.58. The van der Waals surface area contributed by atoms with E-state index in [2.05, 4.69) is 26.0 Å². The molecule has 2 rings (SSSR count). The molecule has 1 aromatic carbocycles. The Morgan fingerprint density at radius 1 is 1.15 bits per heavy atom. The molecule has 20 heavy (non-hydrogen) atoms. The van der Waals surface area contributed by atoms with Crippen LogP contribution in [-0.4, -0.2) is 7.11 Å². The van der Waals surface area contributed by atoms with Gasteiger partial charge in [0.1, 0.15) is 18.1 Å². The van der Waals surface area contributed by atoms with E-state index in [1.54, 1.807) is 7.11 Å². The summed E-state index contributed by atoms with van der Waals surface area (Å²) in [6.07, 6.45) is 1.78. The van der Waals surface area contributed by atoms with Gasteiger partial charge < -0.3 is 9.15 Å². The fraction of sp³-hybridized carbons (Fsp3) is 0.412. The molecule has 1 heterocycles. The molecule has 0 unspecified atom stereocenters. The summed E-state index contributed by atoms with van der Waals surface area (Å²) >= 11 is 6.25. The monoisotopic (exact) mass is 292 g/mol. The molecule has 2 aromatic rings. The van der Waals surface area contributed by atoms with Crippen LogP contribution in [0.15, 0.2) is 34.7 Å². The molecular formula is C17H21ClO2. The van der Waals surface area contributed by atoms with Gasteiger partial charge in [-0.25, -0.2) is 0 Å². The Balaban J connectivity index is 2.12. The van der Waals surface area contributed by atoms with E-state index in [0.29, 0.717) is 12.5 Å². The zero-order valence-corrected chi connectivity index (χ0v) is 13.0. The molecule has 3 heteroatoms. The molecule has 0 aliphatic carbocycles. The fourth-order valence-electron chi connectivity index (χ4n) is 2.27. The van der Waals surface area contributed by atoms with Crippen LogP contribution in [0.25, 0.3) is 0 Å². The van der Waals surface area contributed by atoms with E-state index in [1.807, 2.05) is 18.2 Å². The summed E-state index contributed by atoms with van der Waals surface area (Å²) in [4.78, 5) is 0. The largest absolute Gasteiger partial charge is 0.463 e. The SMILES string of the molecule is COCc1ccc(Cc2ccc(Cl)c(CC(C)C)c2)o1. The second kappa shape index (κ2) is 6.96. The van der Waals surface area contributed by atoms with Crippen LogP contribution in [0.3, 0.4) is 0 Å². The zero-order valence-electron chi connectivity index (χ0n) is 12.3. The quantitative estimate of drug-likeness (QED) is 0.758. The molecule has 1 aromatic heterocycles. The minimum absolute atomic E-state index is 0.513. The number of benzene rings is 1. The number of rotatable bonds is 6. The van der Waals surface area contributed by atoms with Crippen molar-refractivity contribution in [1.82, 2.24) is 0 Å². The third-order valence-electron chi connectivity index (χ3n) is 3.12. The van der Waals surface area contributed by atoms with Gasteiger partial charge in [0.2, 0.25) is 0 Å². The predicted molar refractivity (Wildman–Crippen MR) is 82.2 cm³/mol. The van der Waals surface area contributed by atoms with Gasteiger partial charge in [-0.15, -0.1) is 0 Å². The van der Waals surface area contributed by atoms with Crippen molar-refractivity contribution >= 4 is 11.6 Å². The van der Waals surface area contributed by atoms with Crippen LogP contribution < -0.4 is 0 Å². The van der Waals surface area contributed by atoms with E-state index < -0.39 is 0 Å². The second-order valence-electron chi connectivity index (χ2n) is 5.50. The lowest BCUT2D eigenvalue weighted by Crippen LogP contribution is -1.97. The number of halogens is 1. The summed E-state index contributed by atoms with van der Waals surface area (Å²) in [5.74, 6) is 2.41. The van der Waals surface area contributed by atoms with E-state index in [-0.39, 0.29) is 0 Å². The highest BCUT2D eigenvalue weighted by molar-refractivity contribution is 6.31. The third-order valence-corrected chi connectivity index (χ3v) is 3.49. The molecule has 0 saturated heterocycles. The predicted octanol–water partition coefficient (Wildman–Crippen LogP) is 4.87. The van der Waals surface area contributed by atoms with Crippen LogP contribution >= 0.6 is 11.6 Å². The van der Waals surface area contributed by atoms with Crippen molar-refractivity contribution in [1.29, 1.82) is 0 Å². The van der Waals surface area contributed by atoms with Crippen molar-refractivity contribution in [2.45, 2.75) is 33.3 Å². The van der Waals surface area contributed by atoms with Gasteiger partial charge >= 0.3 is 0 Å². The minimum atomic E-state index is 0.513. The number of furan rings is 1. The highest BCUT2D eigenvalue weighted by atomic mass is 35.5. The van der Waals surface area contributed by atoms with Crippen LogP contribution in [0.2, 0.25) is 5.02 Å². The zero-order chi connectivity index (χ0) is 14.5. The van der Waals surface area contributed by atoms with Crippen molar-refractivity contribution in [2.24, 2.45) is 5.92 Å². The molecule has 0 aliphatic rings. The van der Waals surface area contributed by atoms with E-state index >= 15 is 0 Å². The first kappa shape index (κ1) is 15.1. The van der Waals surface area contributed by atoms with Gasteiger partial charge in [-0.3, -0.25) is 0 Å². The first-order valence-corrected chi connectivity index (χ1v) is 7.30. The molecule has 108 valence electrons. The summed E-state index contributed by atoms with van der Waals surface area (Å²) in [5, 5.41) is 0.849. The summed E-state index contributed by atoms with van der Waals surface area (Å²) in [7, 11) is 1.67. The Morgan fingerprint density at radius 3 is 2.60 bits per heavy atom. The van der Waals surface area contributed by atoms with Crippen molar-refractivity contribution in [3.05, 3.63) is 58.0 Å². The van der Waals surface area contributed by atoms with Crippen LogP contribution in [0.5, 0.6) is 0 Å². The Morgan fingerprint density at radius 2 is 1.90 bits per heavy atom. The smallest absolute Gasteiger partial charge is 0.129 e. The Bertz CT molecular complexity index is 558. The van der Waals surface area contributed by atoms with Gasteiger partial charge in [0.15, 0.2) is 0 Å². The van der Waals surface area contributed by atoms with Crippen LogP contribution in [0.4, 0.5) is 0 Å². The maximum Gasteiger partial charge on any atom is 0.129 e. The molecule has 0 fully saturated rings. The van der Waals surface area contributed by atoms with Crippen LogP contribution in [-0.2, 0) is 24.2 Å². The standard InChI is InChI=1S/C17H21ClO2/c1-12(2)8-14-9-13(4-7-17(14)18)10-15-5-6-16(20-15)11-19-3/h4-7,9,12H,8,10-11H2,1-3H3. The molecule has 0 bridgehead atoms. The van der Waals surface area contributed by atoms with Crippen molar-refractivity contribution < 1.29 is 9.15 Å². The molecule has 0 radical (unpaired) electrons. The summed E-state index contributed by atoms with van der Waals surface area (Å²) in [6, 6.07) is 10.2. The van der Waals surface area contributed by atoms with Gasteiger partial charge in [0.05, 0.1) is 0 Å². The van der Waals surface area contributed by atoms with Crippen molar-refractivity contribution in [3.8, 4) is 0 Å². The molecule has 0 N–H and O–H groups in total. The minimum Gasteiger partial charge on any atom is -0.463 e. The molecular weight excluding hydrogens is 272 g/mol. The second-order valence-corrected chi connectivity index (χ2v) is 5.91. The Labute approximate surface area is 125 Å². The molecule has 0 spiro atoms. The van der Waals surface area contributed by atoms with E-state index in [4.69, 9.17) is 20.8 Å². The summed E-state index contributed by atoms with van der Waals surface area (Å²) < 4.78 is 10.8. The number of ether oxygens (including phenoxy) is 1. The average molecular weight is 293 g/mol. The van der Waals surface area contributed by atoms with Gasteiger partial charge in [-0.2, -0.15) is 0 Å². The summed E-state index contributed by atoms with van der Waals surface area (Å²) in [5.41, 5.74) is 2.44. The molecule has 0 aliphatic heterocycles. The fourth-order valence-corrected chi connectivity index (χ4v) is 2.47. The number of hydrogen-bond donors (Lipinski definition) is 0. The maximum absolute atomic E-state index is 6.25. The van der Waals surface area contributed by atoms with Gasteiger partial charge in [-0.05, 0) is 41.7 Å². The lowest BCUT2D eigenvalue weighted by atomic mass is 9.99. The maximum atomic E-state index is 6.25. The molecule has 0 saturated carbocycles. The van der Waals surface area contributed by atoms with Gasteiger partial charge in [0.25, 0.3) is 0 Å². The third kappa shape index (κ3) is 4.12. The number of methoxy groups -OCH3 is 1. The molecule has 2 nitrogen and oxygen atoms in total. The van der Waals surface area contributed by atoms with Crippen LogP contribution in [0.1, 0.15) is 36.5 Å². The van der Waals surface area contributed by atoms with Crippen molar-refractivity contribution in [3.63, 3.8) is 0 Å². The number of hydrogen-bond acceptors (Lipinski definition) is 2. The first-order valence-electron chi connectivity index (χ1n) is 6.92. The molecule has 0 atom stereocenters.